The smallest absolute Gasteiger partial charge is 0.187 e. The Kier molecular flexibility index (Phi) is 6.05. The van der Waals surface area contributed by atoms with Crippen molar-refractivity contribution < 1.29 is 4.12 Å². The molecule has 0 amide bonds. The lowest BCUT2D eigenvalue weighted by atomic mass is 10.6. The van der Waals surface area contributed by atoms with Gasteiger partial charge in [-0.25, -0.2) is 0 Å². The first-order valence-corrected chi connectivity index (χ1v) is 11.9. The van der Waals surface area contributed by atoms with Crippen molar-refractivity contribution in [1.29, 1.82) is 0 Å². The highest BCUT2D eigenvalue weighted by Crippen LogP contribution is 2.40. The van der Waals surface area contributed by atoms with E-state index < -0.39 is 16.6 Å². The highest BCUT2D eigenvalue weighted by Gasteiger charge is 2.46. The van der Waals surface area contributed by atoms with E-state index in [1.807, 2.05) is 24.3 Å². The molecule has 1 rings (SSSR count). The minimum Gasteiger partial charge on any atom is -0.454 e. The molecular weight excluding hydrogens is 252 g/mol. The highest BCUT2D eigenvalue weighted by atomic mass is 28.4. The van der Waals surface area contributed by atoms with Crippen molar-refractivity contribution in [3.8, 4) is 0 Å². The molecule has 0 aromatic rings. The van der Waals surface area contributed by atoms with Crippen LogP contribution in [0.5, 0.6) is 0 Å². The van der Waals surface area contributed by atoms with Crippen molar-refractivity contribution in [3.63, 3.8) is 0 Å². The van der Waals surface area contributed by atoms with E-state index in [2.05, 4.69) is 26.3 Å². The van der Waals surface area contributed by atoms with Gasteiger partial charge in [-0.05, 0) is 36.3 Å². The Bertz CT molecular complexity index is 272. The first-order chi connectivity index (χ1) is 8.66. The molecule has 18 heavy (non-hydrogen) atoms. The van der Waals surface area contributed by atoms with Crippen LogP contribution in [0.3, 0.4) is 0 Å². The third-order valence-corrected chi connectivity index (χ3v) is 13.9. The summed E-state index contributed by atoms with van der Waals surface area (Å²) in [5.41, 5.74) is 0. The van der Waals surface area contributed by atoms with Gasteiger partial charge in [-0.3, -0.25) is 0 Å². The van der Waals surface area contributed by atoms with E-state index in [-0.39, 0.29) is 0 Å². The molecule has 3 heteroatoms. The second-order valence-corrected chi connectivity index (χ2v) is 13.5. The standard InChI is InChI=1S/C15H26OSi2/c1-5-10-17(11-6-2)14-9-15-18(16-17,12-7-3)13-8-4/h5-8H,1-4,9-15H2. The van der Waals surface area contributed by atoms with Gasteiger partial charge in [0.05, 0.1) is 0 Å². The largest absolute Gasteiger partial charge is 0.454 e. The van der Waals surface area contributed by atoms with E-state index in [9.17, 15) is 0 Å². The third kappa shape index (κ3) is 3.67. The molecule has 1 aliphatic heterocycles. The lowest BCUT2D eigenvalue weighted by Crippen LogP contribution is -2.54. The lowest BCUT2D eigenvalue weighted by molar-refractivity contribution is 0.491. The molecule has 1 aliphatic rings. The second-order valence-electron chi connectivity index (χ2n) is 5.29. The average Bonchev–Trinajstić information content (AvgIpc) is 2.30. The third-order valence-electron chi connectivity index (χ3n) is 3.76. The van der Waals surface area contributed by atoms with Crippen LogP contribution in [0.15, 0.2) is 50.6 Å². The Morgan fingerprint density at radius 2 is 1.06 bits per heavy atom. The predicted octanol–water partition coefficient (Wildman–Crippen LogP) is 5.04. The Hall–Kier alpha value is -0.646. The number of hydrogen-bond acceptors (Lipinski definition) is 1. The molecule has 100 valence electrons. The van der Waals surface area contributed by atoms with Crippen LogP contribution in [-0.2, 0) is 4.12 Å². The SMILES string of the molecule is C=CC[Si]1(CC=C)CCC[Si](CC=C)(CC=C)O1. The summed E-state index contributed by atoms with van der Waals surface area (Å²) >= 11 is 0. The van der Waals surface area contributed by atoms with E-state index in [0.717, 1.165) is 24.2 Å². The normalized spacial score (nSPS) is 20.9. The minimum absolute atomic E-state index is 1.06. The van der Waals surface area contributed by atoms with Crippen LogP contribution in [0.25, 0.3) is 0 Å². The van der Waals surface area contributed by atoms with Crippen LogP contribution >= 0.6 is 0 Å². The van der Waals surface area contributed by atoms with E-state index in [4.69, 9.17) is 4.12 Å². The van der Waals surface area contributed by atoms with Crippen LogP contribution in [0.1, 0.15) is 6.42 Å². The van der Waals surface area contributed by atoms with Crippen molar-refractivity contribution in [2.45, 2.75) is 42.7 Å². The molecule has 0 aromatic heterocycles. The molecule has 1 heterocycles. The summed E-state index contributed by atoms with van der Waals surface area (Å²) in [6.07, 6.45) is 9.48. The van der Waals surface area contributed by atoms with Crippen molar-refractivity contribution in [3.05, 3.63) is 50.6 Å². The van der Waals surface area contributed by atoms with Gasteiger partial charge in [0, 0.05) is 0 Å². The zero-order valence-corrected chi connectivity index (χ0v) is 13.5. The fraction of sp³-hybridized carbons (Fsp3) is 0.467. The molecule has 0 radical (unpaired) electrons. The Balaban J connectivity index is 2.93. The summed E-state index contributed by atoms with van der Waals surface area (Å²) in [4.78, 5) is 0. The Morgan fingerprint density at radius 1 is 0.722 bits per heavy atom. The van der Waals surface area contributed by atoms with Gasteiger partial charge in [-0.2, -0.15) is 0 Å². The number of rotatable bonds is 8. The van der Waals surface area contributed by atoms with Gasteiger partial charge in [0.1, 0.15) is 0 Å². The maximum absolute atomic E-state index is 6.82. The summed E-state index contributed by atoms with van der Waals surface area (Å²) in [7, 11) is -3.33. The summed E-state index contributed by atoms with van der Waals surface area (Å²) in [6, 6.07) is 6.75. The van der Waals surface area contributed by atoms with E-state index in [1.165, 1.54) is 18.5 Å². The maximum atomic E-state index is 6.82. The average molecular weight is 279 g/mol. The molecule has 0 unspecified atom stereocenters. The fourth-order valence-corrected chi connectivity index (χ4v) is 14.2. The molecule has 0 atom stereocenters. The molecule has 0 aromatic carbocycles. The number of allylic oxidation sites excluding steroid dienone is 4. The summed E-state index contributed by atoms with van der Waals surface area (Å²) in [5.74, 6) is 0. The summed E-state index contributed by atoms with van der Waals surface area (Å²) in [6.45, 7) is 15.7. The first kappa shape index (κ1) is 15.4. The molecule has 1 nitrogen and oxygen atoms in total. The monoisotopic (exact) mass is 278 g/mol. The van der Waals surface area contributed by atoms with Crippen molar-refractivity contribution in [1.82, 2.24) is 0 Å². The summed E-state index contributed by atoms with van der Waals surface area (Å²) in [5, 5.41) is 0. The molecular formula is C15H26OSi2. The van der Waals surface area contributed by atoms with Gasteiger partial charge >= 0.3 is 0 Å². The van der Waals surface area contributed by atoms with Gasteiger partial charge in [0.25, 0.3) is 0 Å². The van der Waals surface area contributed by atoms with Crippen molar-refractivity contribution >= 4 is 16.6 Å². The van der Waals surface area contributed by atoms with Gasteiger partial charge in [0.15, 0.2) is 16.6 Å². The molecule has 1 saturated heterocycles. The predicted molar refractivity (Wildman–Crippen MR) is 86.8 cm³/mol. The highest BCUT2D eigenvalue weighted by molar-refractivity contribution is 6.89. The van der Waals surface area contributed by atoms with Crippen LogP contribution in [0, 0.1) is 0 Å². The van der Waals surface area contributed by atoms with Crippen molar-refractivity contribution in [2.24, 2.45) is 0 Å². The molecule has 0 N–H and O–H groups in total. The Labute approximate surface area is 114 Å². The van der Waals surface area contributed by atoms with Gasteiger partial charge in [-0.1, -0.05) is 30.7 Å². The molecule has 1 fully saturated rings. The number of hydrogen-bond donors (Lipinski definition) is 0. The maximum Gasteiger partial charge on any atom is 0.187 e. The second kappa shape index (κ2) is 7.07. The first-order valence-electron chi connectivity index (χ1n) is 6.80. The zero-order valence-electron chi connectivity index (χ0n) is 11.5. The van der Waals surface area contributed by atoms with E-state index in [0.29, 0.717) is 0 Å². The summed E-state index contributed by atoms with van der Waals surface area (Å²) < 4.78 is 6.82. The van der Waals surface area contributed by atoms with Gasteiger partial charge in [-0.15, -0.1) is 26.3 Å². The lowest BCUT2D eigenvalue weighted by Gasteiger charge is -2.45. The molecule has 0 spiro atoms. The molecule has 0 aliphatic carbocycles. The van der Waals surface area contributed by atoms with Crippen LogP contribution in [0.4, 0.5) is 0 Å². The topological polar surface area (TPSA) is 9.23 Å². The van der Waals surface area contributed by atoms with Crippen LogP contribution in [0.2, 0.25) is 36.3 Å². The molecule has 0 saturated carbocycles. The van der Waals surface area contributed by atoms with Crippen molar-refractivity contribution in [2.75, 3.05) is 0 Å². The van der Waals surface area contributed by atoms with Crippen LogP contribution in [-0.4, -0.2) is 16.6 Å². The van der Waals surface area contributed by atoms with E-state index >= 15 is 0 Å². The van der Waals surface area contributed by atoms with E-state index in [1.54, 1.807) is 0 Å². The minimum atomic E-state index is -1.66. The fourth-order valence-electron chi connectivity index (χ4n) is 3.09. The van der Waals surface area contributed by atoms with Crippen LogP contribution < -0.4 is 0 Å². The zero-order chi connectivity index (χ0) is 13.5. The Morgan fingerprint density at radius 3 is 1.33 bits per heavy atom. The van der Waals surface area contributed by atoms with Gasteiger partial charge in [0.2, 0.25) is 0 Å². The van der Waals surface area contributed by atoms with Gasteiger partial charge < -0.3 is 4.12 Å². The quantitative estimate of drug-likeness (QED) is 0.446. The molecule has 0 bridgehead atoms.